The highest BCUT2D eigenvalue weighted by Crippen LogP contribution is 2.21. The van der Waals surface area contributed by atoms with Crippen LogP contribution in [0.4, 0.5) is 0 Å². The van der Waals surface area contributed by atoms with E-state index < -0.39 is 5.60 Å². The quantitative estimate of drug-likeness (QED) is 0.846. The Morgan fingerprint density at radius 2 is 2.18 bits per heavy atom. The van der Waals surface area contributed by atoms with Crippen molar-refractivity contribution in [3.05, 3.63) is 29.8 Å². The molecule has 0 bridgehead atoms. The van der Waals surface area contributed by atoms with E-state index >= 15 is 0 Å². The number of aryl methyl sites for hydroxylation is 1. The maximum atomic E-state index is 10.0. The number of rotatable bonds is 4. The zero-order chi connectivity index (χ0) is 12.5. The molecule has 0 amide bonds. The predicted octanol–water partition coefficient (Wildman–Crippen LogP) is 0.677. The van der Waals surface area contributed by atoms with Gasteiger partial charge in [0.2, 0.25) is 0 Å². The van der Waals surface area contributed by atoms with Gasteiger partial charge >= 0.3 is 0 Å². The normalized spacial score (nSPS) is 14.8. The van der Waals surface area contributed by atoms with Crippen LogP contribution in [0.5, 0.6) is 0 Å². The van der Waals surface area contributed by atoms with Crippen LogP contribution in [0.15, 0.2) is 18.6 Å². The second-order valence-corrected chi connectivity index (χ2v) is 4.45. The van der Waals surface area contributed by atoms with Crippen molar-refractivity contribution in [1.82, 2.24) is 24.8 Å². The Kier molecular flexibility index (Phi) is 2.97. The van der Waals surface area contributed by atoms with Crippen LogP contribution < -0.4 is 0 Å². The molecule has 0 aromatic carbocycles. The summed E-state index contributed by atoms with van der Waals surface area (Å²) >= 11 is 0. The molecule has 92 valence electrons. The second-order valence-electron chi connectivity index (χ2n) is 4.45. The van der Waals surface area contributed by atoms with Gasteiger partial charge in [-0.3, -0.25) is 4.68 Å². The van der Waals surface area contributed by atoms with Crippen LogP contribution in [0.2, 0.25) is 0 Å². The maximum absolute atomic E-state index is 10.0. The van der Waals surface area contributed by atoms with Crippen molar-refractivity contribution < 1.29 is 5.11 Å². The van der Waals surface area contributed by atoms with E-state index in [0.717, 1.165) is 5.56 Å². The van der Waals surface area contributed by atoms with Crippen LogP contribution in [-0.4, -0.2) is 29.9 Å². The fourth-order valence-corrected chi connectivity index (χ4v) is 1.54. The van der Waals surface area contributed by atoms with Gasteiger partial charge in [0.1, 0.15) is 11.3 Å². The topological polar surface area (TPSA) is 68.8 Å². The van der Waals surface area contributed by atoms with Gasteiger partial charge in [0.15, 0.2) is 0 Å². The maximum Gasteiger partial charge on any atom is 0.114 e. The summed E-state index contributed by atoms with van der Waals surface area (Å²) in [5.41, 5.74) is 0.747. The van der Waals surface area contributed by atoms with Gasteiger partial charge in [-0.25, -0.2) is 4.68 Å². The first-order valence-corrected chi connectivity index (χ1v) is 5.62. The molecule has 17 heavy (non-hydrogen) atoms. The van der Waals surface area contributed by atoms with E-state index in [1.54, 1.807) is 28.7 Å². The number of hydrogen-bond donors (Lipinski definition) is 1. The Bertz CT molecular complexity index is 499. The fraction of sp³-hybridized carbons (Fsp3) is 0.545. The molecule has 0 aliphatic rings. The van der Waals surface area contributed by atoms with E-state index in [-0.39, 0.29) is 0 Å². The molecule has 1 atom stereocenters. The predicted molar refractivity (Wildman–Crippen MR) is 62.2 cm³/mol. The van der Waals surface area contributed by atoms with E-state index in [9.17, 15) is 5.11 Å². The molecule has 0 radical (unpaired) electrons. The molecule has 2 aromatic heterocycles. The van der Waals surface area contributed by atoms with Crippen molar-refractivity contribution >= 4 is 0 Å². The zero-order valence-electron chi connectivity index (χ0n) is 10.3. The van der Waals surface area contributed by atoms with Crippen LogP contribution in [0.3, 0.4) is 0 Å². The smallest absolute Gasteiger partial charge is 0.114 e. The lowest BCUT2D eigenvalue weighted by molar-refractivity contribution is 0.0484. The molecule has 0 aliphatic carbocycles. The molecule has 0 saturated carbocycles. The average Bonchev–Trinajstić information content (AvgIpc) is 2.89. The second kappa shape index (κ2) is 4.29. The summed E-state index contributed by atoms with van der Waals surface area (Å²) in [5, 5.41) is 22.1. The van der Waals surface area contributed by atoms with Gasteiger partial charge in [0, 0.05) is 18.8 Å². The molecule has 0 aliphatic heterocycles. The summed E-state index contributed by atoms with van der Waals surface area (Å²) in [4.78, 5) is 0. The van der Waals surface area contributed by atoms with Gasteiger partial charge in [-0.15, -0.1) is 5.10 Å². The van der Waals surface area contributed by atoms with Crippen LogP contribution >= 0.6 is 0 Å². The third-order valence-corrected chi connectivity index (χ3v) is 2.88. The highest BCUT2D eigenvalue weighted by Gasteiger charge is 2.24. The van der Waals surface area contributed by atoms with Gasteiger partial charge in [-0.1, -0.05) is 12.1 Å². The van der Waals surface area contributed by atoms with Crippen molar-refractivity contribution in [3.8, 4) is 0 Å². The molecule has 1 N–H and O–H groups in total. The summed E-state index contributed by atoms with van der Waals surface area (Å²) in [7, 11) is 1.87. The fourth-order valence-electron chi connectivity index (χ4n) is 1.54. The van der Waals surface area contributed by atoms with Crippen LogP contribution in [0.1, 0.15) is 31.5 Å². The Morgan fingerprint density at radius 3 is 2.76 bits per heavy atom. The molecule has 1 unspecified atom stereocenters. The Hall–Kier alpha value is -1.69. The first-order valence-electron chi connectivity index (χ1n) is 5.62. The first kappa shape index (κ1) is 11.8. The Balaban J connectivity index is 2.14. The van der Waals surface area contributed by atoms with Crippen LogP contribution in [0, 0.1) is 0 Å². The van der Waals surface area contributed by atoms with Crippen molar-refractivity contribution in [2.24, 2.45) is 7.05 Å². The van der Waals surface area contributed by atoms with E-state index in [0.29, 0.717) is 18.7 Å². The number of hydrogen-bond acceptors (Lipinski definition) is 4. The monoisotopic (exact) mass is 235 g/mol. The molecule has 2 rings (SSSR count). The molecule has 6 nitrogen and oxygen atoms in total. The third-order valence-electron chi connectivity index (χ3n) is 2.88. The summed E-state index contributed by atoms with van der Waals surface area (Å²) in [6.07, 6.45) is 6.10. The van der Waals surface area contributed by atoms with Gasteiger partial charge in [-0.2, -0.15) is 5.10 Å². The van der Waals surface area contributed by atoms with Crippen molar-refractivity contribution in [1.29, 1.82) is 0 Å². The minimum absolute atomic E-state index is 0.601. The van der Waals surface area contributed by atoms with Crippen LogP contribution in [-0.2, 0) is 19.2 Å². The third kappa shape index (κ3) is 2.52. The summed E-state index contributed by atoms with van der Waals surface area (Å²) in [5.74, 6) is 0. The van der Waals surface area contributed by atoms with E-state index in [2.05, 4.69) is 15.4 Å². The van der Waals surface area contributed by atoms with Crippen molar-refractivity contribution in [2.45, 2.75) is 32.4 Å². The minimum Gasteiger partial charge on any atom is -0.384 e. The lowest BCUT2D eigenvalue weighted by Crippen LogP contribution is -2.20. The summed E-state index contributed by atoms with van der Waals surface area (Å²) < 4.78 is 3.45. The Labute approximate surface area is 99.9 Å². The van der Waals surface area contributed by atoms with Gasteiger partial charge < -0.3 is 5.11 Å². The summed E-state index contributed by atoms with van der Waals surface area (Å²) in [6, 6.07) is 0. The summed E-state index contributed by atoms with van der Waals surface area (Å²) in [6.45, 7) is 4.27. The molecular formula is C11H17N5O. The SMILES string of the molecule is CCC(C)(O)c1cn(Cc2cnn(C)c2)nn1. The number of nitrogens with zero attached hydrogens (tertiary/aromatic N) is 5. The zero-order valence-corrected chi connectivity index (χ0v) is 10.3. The van der Waals surface area contributed by atoms with Gasteiger partial charge in [0.25, 0.3) is 0 Å². The molecule has 2 heterocycles. The molecular weight excluding hydrogens is 218 g/mol. The van der Waals surface area contributed by atoms with E-state index in [1.807, 2.05) is 20.2 Å². The van der Waals surface area contributed by atoms with Gasteiger partial charge in [0.05, 0.1) is 18.9 Å². The minimum atomic E-state index is -0.910. The molecule has 6 heteroatoms. The number of aromatic nitrogens is 5. The van der Waals surface area contributed by atoms with Crippen molar-refractivity contribution in [3.63, 3.8) is 0 Å². The average molecular weight is 235 g/mol. The highest BCUT2D eigenvalue weighted by atomic mass is 16.3. The lowest BCUT2D eigenvalue weighted by Gasteiger charge is -2.16. The van der Waals surface area contributed by atoms with Gasteiger partial charge in [-0.05, 0) is 13.3 Å². The standard InChI is InChI=1S/C11H17N5O/c1-4-11(2,17)10-8-16(14-13-10)7-9-5-12-15(3)6-9/h5-6,8,17H,4,7H2,1-3H3. The van der Waals surface area contributed by atoms with E-state index in [1.165, 1.54) is 0 Å². The molecule has 2 aromatic rings. The van der Waals surface area contributed by atoms with E-state index in [4.69, 9.17) is 0 Å². The highest BCUT2D eigenvalue weighted by molar-refractivity contribution is 5.08. The molecule has 0 saturated heterocycles. The molecule has 0 fully saturated rings. The first-order chi connectivity index (χ1) is 8.01. The van der Waals surface area contributed by atoms with Crippen molar-refractivity contribution in [2.75, 3.05) is 0 Å². The largest absolute Gasteiger partial charge is 0.384 e. The van der Waals surface area contributed by atoms with Crippen LogP contribution in [0.25, 0.3) is 0 Å². The lowest BCUT2D eigenvalue weighted by atomic mass is 10.0. The Morgan fingerprint density at radius 1 is 1.41 bits per heavy atom. The number of aliphatic hydroxyl groups is 1. The molecule has 0 spiro atoms.